The topological polar surface area (TPSA) is 111 Å². The number of nitrogens with zero attached hydrogens (tertiary/aromatic N) is 2. The van der Waals surface area contributed by atoms with Crippen molar-refractivity contribution in [2.24, 2.45) is 5.73 Å². The summed E-state index contributed by atoms with van der Waals surface area (Å²) in [5, 5.41) is 13.9. The van der Waals surface area contributed by atoms with Crippen molar-refractivity contribution in [1.29, 1.82) is 0 Å². The predicted octanol–water partition coefficient (Wildman–Crippen LogP) is 3.19. The van der Waals surface area contributed by atoms with Gasteiger partial charge in [0.25, 0.3) is 11.6 Å². The lowest BCUT2D eigenvalue weighted by Crippen LogP contribution is -2.17. The fourth-order valence-electron chi connectivity index (χ4n) is 2.24. The standard InChI is InChI=1S/C15H18N4O3S/c1-4-12-8(2)5-13(23-12)9(3)18-15-11(14(16)20)6-10(7-17-15)19(21)22/h5-7,9H,4H2,1-3H3,(H2,16,20)(H,17,18). The molecule has 2 aromatic heterocycles. The number of anilines is 1. The number of rotatable bonds is 6. The van der Waals surface area contributed by atoms with Crippen molar-refractivity contribution < 1.29 is 9.72 Å². The summed E-state index contributed by atoms with van der Waals surface area (Å²) in [5.74, 6) is -0.507. The Morgan fingerprint density at radius 3 is 2.74 bits per heavy atom. The first-order valence-corrected chi connectivity index (χ1v) is 7.95. The number of pyridine rings is 1. The Morgan fingerprint density at radius 2 is 2.22 bits per heavy atom. The first-order valence-electron chi connectivity index (χ1n) is 7.13. The molecule has 0 fully saturated rings. The first-order chi connectivity index (χ1) is 10.8. The van der Waals surface area contributed by atoms with Gasteiger partial charge in [-0.25, -0.2) is 4.98 Å². The lowest BCUT2D eigenvalue weighted by Gasteiger charge is -2.14. The monoisotopic (exact) mass is 334 g/mol. The molecule has 2 aromatic rings. The summed E-state index contributed by atoms with van der Waals surface area (Å²) in [6.45, 7) is 6.10. The molecule has 8 heteroatoms. The van der Waals surface area contributed by atoms with Crippen molar-refractivity contribution in [3.63, 3.8) is 0 Å². The minimum atomic E-state index is -0.757. The Bertz CT molecular complexity index is 757. The SMILES string of the molecule is CCc1sc(C(C)Nc2ncc([N+](=O)[O-])cc2C(N)=O)cc1C. The van der Waals surface area contributed by atoms with Crippen LogP contribution in [0.4, 0.5) is 11.5 Å². The van der Waals surface area contributed by atoms with E-state index in [0.717, 1.165) is 23.6 Å². The number of hydrogen-bond donors (Lipinski definition) is 2. The molecule has 122 valence electrons. The molecule has 0 saturated carbocycles. The molecule has 7 nitrogen and oxygen atoms in total. The van der Waals surface area contributed by atoms with E-state index in [9.17, 15) is 14.9 Å². The van der Waals surface area contributed by atoms with E-state index in [0.29, 0.717) is 0 Å². The van der Waals surface area contributed by atoms with Crippen molar-refractivity contribution in [2.45, 2.75) is 33.2 Å². The highest BCUT2D eigenvalue weighted by molar-refractivity contribution is 7.12. The summed E-state index contributed by atoms with van der Waals surface area (Å²) in [7, 11) is 0. The highest BCUT2D eigenvalue weighted by Crippen LogP contribution is 2.30. The van der Waals surface area contributed by atoms with Crippen molar-refractivity contribution in [3.8, 4) is 0 Å². The van der Waals surface area contributed by atoms with Gasteiger partial charge >= 0.3 is 0 Å². The molecule has 0 aliphatic heterocycles. The van der Waals surface area contributed by atoms with Crippen LogP contribution in [0.5, 0.6) is 0 Å². The molecule has 2 rings (SSSR count). The highest BCUT2D eigenvalue weighted by Gasteiger charge is 2.19. The van der Waals surface area contributed by atoms with E-state index in [4.69, 9.17) is 5.73 Å². The van der Waals surface area contributed by atoms with Crippen molar-refractivity contribution in [1.82, 2.24) is 4.98 Å². The van der Waals surface area contributed by atoms with Crippen LogP contribution in [0.25, 0.3) is 0 Å². The molecule has 3 N–H and O–H groups in total. The molecule has 0 aromatic carbocycles. The van der Waals surface area contributed by atoms with Gasteiger partial charge in [-0.15, -0.1) is 11.3 Å². The molecule has 2 heterocycles. The molecule has 1 unspecified atom stereocenters. The van der Waals surface area contributed by atoms with Gasteiger partial charge in [-0.3, -0.25) is 14.9 Å². The largest absolute Gasteiger partial charge is 0.365 e. The van der Waals surface area contributed by atoms with Crippen LogP contribution in [0, 0.1) is 17.0 Å². The number of carbonyl (C=O) groups is 1. The molecule has 23 heavy (non-hydrogen) atoms. The lowest BCUT2D eigenvalue weighted by molar-refractivity contribution is -0.385. The number of carbonyl (C=O) groups excluding carboxylic acids is 1. The van der Waals surface area contributed by atoms with E-state index in [1.165, 1.54) is 10.4 Å². The normalized spacial score (nSPS) is 12.0. The van der Waals surface area contributed by atoms with E-state index in [1.807, 2.05) is 6.92 Å². The summed E-state index contributed by atoms with van der Waals surface area (Å²) in [6.07, 6.45) is 2.07. The molecule has 0 bridgehead atoms. The van der Waals surface area contributed by atoms with E-state index in [-0.39, 0.29) is 23.1 Å². The van der Waals surface area contributed by atoms with Crippen LogP contribution in [0.3, 0.4) is 0 Å². The molecule has 1 amide bonds. The number of aromatic nitrogens is 1. The molecule has 0 aliphatic rings. The van der Waals surface area contributed by atoms with Crippen LogP contribution in [0.15, 0.2) is 18.3 Å². The van der Waals surface area contributed by atoms with Crippen molar-refractivity contribution >= 4 is 28.7 Å². The van der Waals surface area contributed by atoms with Gasteiger partial charge in [-0.05, 0) is 31.9 Å². The number of hydrogen-bond acceptors (Lipinski definition) is 6. The number of aryl methyl sites for hydroxylation is 2. The number of nitrogens with two attached hydrogens (primary N) is 1. The van der Waals surface area contributed by atoms with Crippen molar-refractivity contribution in [3.05, 3.63) is 49.3 Å². The summed E-state index contributed by atoms with van der Waals surface area (Å²) in [5.41, 5.74) is 6.28. The number of primary amides is 1. The second-order valence-electron chi connectivity index (χ2n) is 5.19. The summed E-state index contributed by atoms with van der Waals surface area (Å²) in [4.78, 5) is 28.1. The number of amides is 1. The van der Waals surface area contributed by atoms with Gasteiger partial charge in [0.05, 0.1) is 16.5 Å². The predicted molar refractivity (Wildman–Crippen MR) is 89.9 cm³/mol. The van der Waals surface area contributed by atoms with Crippen LogP contribution >= 0.6 is 11.3 Å². The number of thiophene rings is 1. The van der Waals surface area contributed by atoms with E-state index >= 15 is 0 Å². The maximum atomic E-state index is 11.5. The van der Waals surface area contributed by atoms with Gasteiger partial charge in [0.1, 0.15) is 12.0 Å². The van der Waals surface area contributed by atoms with E-state index < -0.39 is 10.8 Å². The number of nitrogens with one attached hydrogen (secondary N) is 1. The van der Waals surface area contributed by atoms with E-state index in [2.05, 4.69) is 30.2 Å². The quantitative estimate of drug-likeness (QED) is 0.622. The summed E-state index contributed by atoms with van der Waals surface area (Å²) in [6, 6.07) is 3.14. The maximum absolute atomic E-state index is 11.5. The zero-order valence-electron chi connectivity index (χ0n) is 13.1. The Morgan fingerprint density at radius 1 is 1.52 bits per heavy atom. The molecule has 0 radical (unpaired) electrons. The lowest BCUT2D eigenvalue weighted by atomic mass is 10.2. The molecule has 1 atom stereocenters. The highest BCUT2D eigenvalue weighted by atomic mass is 32.1. The minimum Gasteiger partial charge on any atom is -0.365 e. The van der Waals surface area contributed by atoms with Gasteiger partial charge in [-0.2, -0.15) is 0 Å². The number of nitro groups is 1. The minimum absolute atomic E-state index is 0.00930. The third-order valence-electron chi connectivity index (χ3n) is 3.49. The fraction of sp³-hybridized carbons (Fsp3) is 0.333. The maximum Gasteiger partial charge on any atom is 0.288 e. The Balaban J connectivity index is 2.31. The molecule has 0 aliphatic carbocycles. The fourth-order valence-corrected chi connectivity index (χ4v) is 3.36. The summed E-state index contributed by atoms with van der Waals surface area (Å²) >= 11 is 1.69. The summed E-state index contributed by atoms with van der Waals surface area (Å²) < 4.78 is 0. The third-order valence-corrected chi connectivity index (χ3v) is 5.05. The Labute approximate surface area is 137 Å². The third kappa shape index (κ3) is 3.65. The van der Waals surface area contributed by atoms with Gasteiger partial charge in [0, 0.05) is 15.8 Å². The molecule has 0 saturated heterocycles. The second-order valence-corrected chi connectivity index (χ2v) is 6.35. The average Bonchev–Trinajstić information content (AvgIpc) is 2.88. The van der Waals surface area contributed by atoms with Crippen LogP contribution in [-0.2, 0) is 6.42 Å². The van der Waals surface area contributed by atoms with Gasteiger partial charge in [0.2, 0.25) is 0 Å². The van der Waals surface area contributed by atoms with Crippen LogP contribution in [0.2, 0.25) is 0 Å². The van der Waals surface area contributed by atoms with Crippen LogP contribution < -0.4 is 11.1 Å². The van der Waals surface area contributed by atoms with Gasteiger partial charge in [0.15, 0.2) is 0 Å². The zero-order valence-corrected chi connectivity index (χ0v) is 13.9. The van der Waals surface area contributed by atoms with E-state index in [1.54, 1.807) is 11.3 Å². The first kappa shape index (κ1) is 16.9. The average molecular weight is 334 g/mol. The second kappa shape index (κ2) is 6.74. The molecular weight excluding hydrogens is 316 g/mol. The molecular formula is C15H18N4O3S. The van der Waals surface area contributed by atoms with Crippen molar-refractivity contribution in [2.75, 3.05) is 5.32 Å². The van der Waals surface area contributed by atoms with Gasteiger partial charge < -0.3 is 11.1 Å². The Hall–Kier alpha value is -2.48. The smallest absolute Gasteiger partial charge is 0.288 e. The van der Waals surface area contributed by atoms with Gasteiger partial charge in [-0.1, -0.05) is 6.92 Å². The molecule has 0 spiro atoms. The van der Waals surface area contributed by atoms with Crippen LogP contribution in [-0.4, -0.2) is 15.8 Å². The Kier molecular flexibility index (Phi) is 4.95. The zero-order chi connectivity index (χ0) is 17.1. The van der Waals surface area contributed by atoms with Crippen LogP contribution in [0.1, 0.15) is 45.6 Å².